The van der Waals surface area contributed by atoms with Crippen molar-refractivity contribution in [3.05, 3.63) is 71.8 Å². The predicted octanol–water partition coefficient (Wildman–Crippen LogP) is 3.27. The molecule has 0 unspecified atom stereocenters. The Morgan fingerprint density at radius 2 is 1.48 bits per heavy atom. The average molecular weight is 311 g/mol. The Morgan fingerprint density at radius 1 is 0.957 bits per heavy atom. The van der Waals surface area contributed by atoms with Crippen LogP contribution in [0.15, 0.2) is 60.7 Å². The Labute approximate surface area is 138 Å². The third-order valence-corrected chi connectivity index (χ3v) is 4.07. The highest BCUT2D eigenvalue weighted by Gasteiger charge is 2.25. The van der Waals surface area contributed by atoms with Crippen molar-refractivity contribution in [2.75, 3.05) is 6.61 Å². The number of aliphatic hydroxyl groups excluding tert-OH is 1. The molecule has 0 fully saturated rings. The van der Waals surface area contributed by atoms with E-state index >= 15 is 0 Å². The highest BCUT2D eigenvalue weighted by molar-refractivity contribution is 5.79. The molecule has 0 aliphatic heterocycles. The van der Waals surface area contributed by atoms with Gasteiger partial charge in [0.25, 0.3) is 0 Å². The Balaban J connectivity index is 2.19. The summed E-state index contributed by atoms with van der Waals surface area (Å²) in [5.74, 6) is 0.247. The number of carbonyl (C=O) groups is 1. The Kier molecular flexibility index (Phi) is 6.36. The fraction of sp³-hybridized carbons (Fsp3) is 0.350. The minimum atomic E-state index is -0.175. The zero-order chi connectivity index (χ0) is 16.7. The molecule has 0 spiro atoms. The molecule has 0 heterocycles. The number of amides is 1. The van der Waals surface area contributed by atoms with Crippen molar-refractivity contribution in [3.8, 4) is 0 Å². The summed E-state index contributed by atoms with van der Waals surface area (Å²) in [4.78, 5) is 14.6. The van der Waals surface area contributed by atoms with Crippen LogP contribution in [-0.2, 0) is 17.8 Å². The van der Waals surface area contributed by atoms with Crippen molar-refractivity contribution in [1.82, 2.24) is 4.90 Å². The molecule has 0 saturated heterocycles. The molecule has 0 aromatic heterocycles. The van der Waals surface area contributed by atoms with Crippen LogP contribution < -0.4 is 0 Å². The van der Waals surface area contributed by atoms with Crippen molar-refractivity contribution < 1.29 is 9.90 Å². The normalized spacial score (nSPS) is 12.2. The van der Waals surface area contributed by atoms with Gasteiger partial charge in [-0.2, -0.15) is 0 Å². The van der Waals surface area contributed by atoms with E-state index in [9.17, 15) is 9.90 Å². The van der Waals surface area contributed by atoms with Crippen LogP contribution in [0.2, 0.25) is 0 Å². The van der Waals surface area contributed by atoms with Gasteiger partial charge in [0.05, 0.1) is 19.1 Å². The first-order chi connectivity index (χ1) is 11.1. The second-order valence-corrected chi connectivity index (χ2v) is 6.16. The minimum absolute atomic E-state index is 0.0228. The number of hydrogen-bond donors (Lipinski definition) is 1. The van der Waals surface area contributed by atoms with E-state index in [1.807, 2.05) is 79.4 Å². The Morgan fingerprint density at radius 3 is 1.96 bits per heavy atom. The maximum absolute atomic E-state index is 12.8. The number of rotatable bonds is 7. The molecule has 1 amide bonds. The first-order valence-corrected chi connectivity index (χ1v) is 8.10. The van der Waals surface area contributed by atoms with E-state index in [-0.39, 0.29) is 24.5 Å². The van der Waals surface area contributed by atoms with Crippen LogP contribution >= 0.6 is 0 Å². The van der Waals surface area contributed by atoms with E-state index in [4.69, 9.17) is 0 Å². The molecular formula is C20H25NO2. The smallest absolute Gasteiger partial charge is 0.227 e. The molecule has 0 aliphatic rings. The quantitative estimate of drug-likeness (QED) is 0.852. The van der Waals surface area contributed by atoms with Crippen LogP contribution in [0.5, 0.6) is 0 Å². The largest absolute Gasteiger partial charge is 0.394 e. The summed E-state index contributed by atoms with van der Waals surface area (Å²) >= 11 is 0. The molecule has 0 bridgehead atoms. The van der Waals surface area contributed by atoms with Gasteiger partial charge >= 0.3 is 0 Å². The predicted molar refractivity (Wildman–Crippen MR) is 92.8 cm³/mol. The van der Waals surface area contributed by atoms with Gasteiger partial charge in [-0.05, 0) is 17.0 Å². The zero-order valence-electron chi connectivity index (χ0n) is 13.9. The van der Waals surface area contributed by atoms with Gasteiger partial charge in [-0.1, -0.05) is 74.5 Å². The van der Waals surface area contributed by atoms with Gasteiger partial charge in [0.1, 0.15) is 0 Å². The molecule has 0 radical (unpaired) electrons. The molecule has 2 aromatic rings. The summed E-state index contributed by atoms with van der Waals surface area (Å²) in [5, 5.41) is 9.77. The van der Waals surface area contributed by atoms with E-state index < -0.39 is 0 Å². The summed E-state index contributed by atoms with van der Waals surface area (Å²) in [6, 6.07) is 19.5. The van der Waals surface area contributed by atoms with Crippen LogP contribution in [0.4, 0.5) is 0 Å². The van der Waals surface area contributed by atoms with E-state index in [1.165, 1.54) is 0 Å². The third kappa shape index (κ3) is 4.93. The average Bonchev–Trinajstić information content (AvgIpc) is 2.56. The van der Waals surface area contributed by atoms with Crippen LogP contribution in [0.1, 0.15) is 25.0 Å². The van der Waals surface area contributed by atoms with Gasteiger partial charge < -0.3 is 10.0 Å². The Hall–Kier alpha value is -2.13. The van der Waals surface area contributed by atoms with Gasteiger partial charge in [-0.15, -0.1) is 0 Å². The summed E-state index contributed by atoms with van der Waals surface area (Å²) < 4.78 is 0. The lowest BCUT2D eigenvalue weighted by molar-refractivity contribution is -0.135. The lowest BCUT2D eigenvalue weighted by Gasteiger charge is -2.33. The molecule has 23 heavy (non-hydrogen) atoms. The van der Waals surface area contributed by atoms with Crippen molar-refractivity contribution >= 4 is 5.91 Å². The van der Waals surface area contributed by atoms with Crippen LogP contribution in [-0.4, -0.2) is 28.6 Å². The monoisotopic (exact) mass is 311 g/mol. The molecule has 0 aliphatic carbocycles. The summed E-state index contributed by atoms with van der Waals surface area (Å²) in [6.45, 7) is 4.57. The van der Waals surface area contributed by atoms with Gasteiger partial charge in [0, 0.05) is 6.54 Å². The molecule has 2 rings (SSSR count). The highest BCUT2D eigenvalue weighted by atomic mass is 16.3. The maximum atomic E-state index is 12.8. The van der Waals surface area contributed by atoms with Crippen LogP contribution in [0, 0.1) is 5.92 Å². The van der Waals surface area contributed by atoms with E-state index in [1.54, 1.807) is 0 Å². The highest BCUT2D eigenvalue weighted by Crippen LogP contribution is 2.17. The third-order valence-electron chi connectivity index (χ3n) is 4.07. The number of nitrogens with zero attached hydrogens (tertiary/aromatic N) is 1. The topological polar surface area (TPSA) is 40.5 Å². The lowest BCUT2D eigenvalue weighted by atomic mass is 10.0. The van der Waals surface area contributed by atoms with Gasteiger partial charge in [0.15, 0.2) is 0 Å². The summed E-state index contributed by atoms with van der Waals surface area (Å²) in [5.41, 5.74) is 2.07. The van der Waals surface area contributed by atoms with Crippen molar-refractivity contribution in [2.45, 2.75) is 32.9 Å². The first kappa shape index (κ1) is 17.2. The molecule has 1 N–H and O–H groups in total. The first-order valence-electron chi connectivity index (χ1n) is 8.10. The van der Waals surface area contributed by atoms with Crippen LogP contribution in [0.3, 0.4) is 0 Å². The SMILES string of the molecule is CC(C)[C@@H](CO)N(Cc1ccccc1)C(=O)Cc1ccccc1. The standard InChI is InChI=1S/C20H25NO2/c1-16(2)19(15-22)21(14-18-11-7-4-8-12-18)20(23)13-17-9-5-3-6-10-17/h3-12,16,19,22H,13-15H2,1-2H3/t19-/m1/s1. The van der Waals surface area contributed by atoms with Crippen molar-refractivity contribution in [2.24, 2.45) is 5.92 Å². The minimum Gasteiger partial charge on any atom is -0.394 e. The van der Waals surface area contributed by atoms with Crippen molar-refractivity contribution in [3.63, 3.8) is 0 Å². The fourth-order valence-electron chi connectivity index (χ4n) is 2.71. The van der Waals surface area contributed by atoms with Crippen LogP contribution in [0.25, 0.3) is 0 Å². The molecule has 2 aromatic carbocycles. The lowest BCUT2D eigenvalue weighted by Crippen LogP contribution is -2.45. The number of hydrogen-bond acceptors (Lipinski definition) is 2. The van der Waals surface area contributed by atoms with E-state index in [2.05, 4.69) is 0 Å². The molecule has 3 nitrogen and oxygen atoms in total. The molecular weight excluding hydrogens is 286 g/mol. The molecule has 3 heteroatoms. The van der Waals surface area contributed by atoms with Gasteiger partial charge in [0.2, 0.25) is 5.91 Å². The number of aliphatic hydroxyl groups is 1. The second-order valence-electron chi connectivity index (χ2n) is 6.16. The molecule has 122 valence electrons. The number of benzene rings is 2. The molecule has 1 atom stereocenters. The number of carbonyl (C=O) groups excluding carboxylic acids is 1. The van der Waals surface area contributed by atoms with E-state index in [0.717, 1.165) is 11.1 Å². The van der Waals surface area contributed by atoms with E-state index in [0.29, 0.717) is 13.0 Å². The zero-order valence-corrected chi connectivity index (χ0v) is 13.9. The fourth-order valence-corrected chi connectivity index (χ4v) is 2.71. The van der Waals surface area contributed by atoms with Gasteiger partial charge in [-0.25, -0.2) is 0 Å². The Bertz CT molecular complexity index is 596. The molecule has 0 saturated carbocycles. The second kappa shape index (κ2) is 8.49. The summed E-state index contributed by atoms with van der Waals surface area (Å²) in [7, 11) is 0. The summed E-state index contributed by atoms with van der Waals surface area (Å²) in [6.07, 6.45) is 0.358. The maximum Gasteiger partial charge on any atom is 0.227 e. The van der Waals surface area contributed by atoms with Crippen molar-refractivity contribution in [1.29, 1.82) is 0 Å². The van der Waals surface area contributed by atoms with Gasteiger partial charge in [-0.3, -0.25) is 4.79 Å².